The van der Waals surface area contributed by atoms with E-state index in [2.05, 4.69) is 11.8 Å². The first kappa shape index (κ1) is 13.2. The number of nitrogens with zero attached hydrogens (tertiary/aromatic N) is 1. The van der Waals surface area contributed by atoms with Gasteiger partial charge in [0.2, 0.25) is 0 Å². The molecule has 0 bridgehead atoms. The van der Waals surface area contributed by atoms with E-state index >= 15 is 0 Å². The Bertz CT molecular complexity index is 409. The summed E-state index contributed by atoms with van der Waals surface area (Å²) in [5.41, 5.74) is 7.72. The highest BCUT2D eigenvalue weighted by molar-refractivity contribution is 5.54. The summed E-state index contributed by atoms with van der Waals surface area (Å²) in [6, 6.07) is 5.87. The van der Waals surface area contributed by atoms with Crippen LogP contribution in [0.4, 0.5) is 5.69 Å². The number of nitrogen functional groups attached to an aromatic ring is 1. The third kappa shape index (κ3) is 2.94. The molecule has 0 aromatic heterocycles. The van der Waals surface area contributed by atoms with Crippen molar-refractivity contribution in [1.82, 2.24) is 4.90 Å². The summed E-state index contributed by atoms with van der Waals surface area (Å²) in [5, 5.41) is 9.88. The molecule has 100 valence electrons. The molecule has 0 amide bonds. The van der Waals surface area contributed by atoms with Gasteiger partial charge in [0.25, 0.3) is 0 Å². The van der Waals surface area contributed by atoms with E-state index in [-0.39, 0.29) is 6.10 Å². The van der Waals surface area contributed by atoms with Crippen molar-refractivity contribution in [3.8, 4) is 5.75 Å². The summed E-state index contributed by atoms with van der Waals surface area (Å²) in [4.78, 5) is 2.27. The number of likely N-dealkylation sites (tertiary alicyclic amines) is 1. The van der Waals surface area contributed by atoms with Crippen LogP contribution in [0.2, 0.25) is 0 Å². The molecule has 1 aliphatic heterocycles. The number of hydrogen-bond acceptors (Lipinski definition) is 4. The van der Waals surface area contributed by atoms with E-state index in [1.54, 1.807) is 7.11 Å². The number of hydrogen-bond donors (Lipinski definition) is 2. The van der Waals surface area contributed by atoms with Gasteiger partial charge in [0, 0.05) is 13.1 Å². The van der Waals surface area contributed by atoms with Gasteiger partial charge in [0.05, 0.1) is 18.9 Å². The summed E-state index contributed by atoms with van der Waals surface area (Å²) in [5.74, 6) is 1.12. The SMILES string of the molecule is COc1ccc(CN2CCC(C)C(O)C2)cc1N. The summed E-state index contributed by atoms with van der Waals surface area (Å²) in [7, 11) is 1.62. The minimum atomic E-state index is -0.214. The number of anilines is 1. The molecule has 0 radical (unpaired) electrons. The maximum Gasteiger partial charge on any atom is 0.141 e. The molecular weight excluding hydrogens is 228 g/mol. The Morgan fingerprint density at radius 2 is 2.28 bits per heavy atom. The molecule has 3 N–H and O–H groups in total. The molecule has 0 spiro atoms. The Hall–Kier alpha value is -1.26. The van der Waals surface area contributed by atoms with Crippen molar-refractivity contribution in [2.45, 2.75) is 26.0 Å². The zero-order chi connectivity index (χ0) is 13.1. The fourth-order valence-corrected chi connectivity index (χ4v) is 2.40. The van der Waals surface area contributed by atoms with Gasteiger partial charge in [0.15, 0.2) is 0 Å². The number of benzene rings is 1. The zero-order valence-electron chi connectivity index (χ0n) is 11.1. The van der Waals surface area contributed by atoms with Gasteiger partial charge in [0.1, 0.15) is 5.75 Å². The number of aliphatic hydroxyl groups excluding tert-OH is 1. The van der Waals surface area contributed by atoms with Crippen molar-refractivity contribution in [2.75, 3.05) is 25.9 Å². The summed E-state index contributed by atoms with van der Waals surface area (Å²) < 4.78 is 5.14. The molecule has 4 heteroatoms. The van der Waals surface area contributed by atoms with Crippen LogP contribution in [0.5, 0.6) is 5.75 Å². The number of β-amino-alcohol motifs (C(OH)–C–C–N with tert-alkyl or cyclic N) is 1. The molecule has 2 atom stereocenters. The number of rotatable bonds is 3. The third-order valence-electron chi connectivity index (χ3n) is 3.70. The Kier molecular flexibility index (Phi) is 4.09. The average Bonchev–Trinajstić information content (AvgIpc) is 2.34. The van der Waals surface area contributed by atoms with E-state index in [1.165, 1.54) is 0 Å². The van der Waals surface area contributed by atoms with E-state index in [0.29, 0.717) is 17.4 Å². The normalized spacial score (nSPS) is 25.1. The second kappa shape index (κ2) is 5.59. The maximum atomic E-state index is 9.88. The van der Waals surface area contributed by atoms with E-state index in [4.69, 9.17) is 10.5 Å². The molecule has 0 aliphatic carbocycles. The van der Waals surface area contributed by atoms with Crippen molar-refractivity contribution in [3.63, 3.8) is 0 Å². The lowest BCUT2D eigenvalue weighted by atomic mass is 9.96. The highest BCUT2D eigenvalue weighted by Crippen LogP contribution is 2.24. The number of nitrogens with two attached hydrogens (primary N) is 1. The number of piperidine rings is 1. The number of aliphatic hydroxyl groups is 1. The van der Waals surface area contributed by atoms with Gasteiger partial charge in [-0.3, -0.25) is 4.90 Å². The largest absolute Gasteiger partial charge is 0.495 e. The van der Waals surface area contributed by atoms with Crippen molar-refractivity contribution >= 4 is 5.69 Å². The second-order valence-corrected chi connectivity index (χ2v) is 5.14. The Balaban J connectivity index is 1.99. The van der Waals surface area contributed by atoms with Crippen LogP contribution < -0.4 is 10.5 Å². The van der Waals surface area contributed by atoms with Crippen molar-refractivity contribution in [1.29, 1.82) is 0 Å². The molecule has 1 aliphatic rings. The fourth-order valence-electron chi connectivity index (χ4n) is 2.40. The molecule has 2 rings (SSSR count). The molecule has 1 aromatic rings. The van der Waals surface area contributed by atoms with Gasteiger partial charge in [-0.15, -0.1) is 0 Å². The van der Waals surface area contributed by atoms with Crippen LogP contribution in [0.1, 0.15) is 18.9 Å². The summed E-state index contributed by atoms with van der Waals surface area (Å²) >= 11 is 0. The molecule has 18 heavy (non-hydrogen) atoms. The smallest absolute Gasteiger partial charge is 0.141 e. The minimum absolute atomic E-state index is 0.214. The second-order valence-electron chi connectivity index (χ2n) is 5.14. The van der Waals surface area contributed by atoms with E-state index in [1.807, 2.05) is 18.2 Å². The van der Waals surface area contributed by atoms with E-state index in [0.717, 1.165) is 31.6 Å². The number of methoxy groups -OCH3 is 1. The number of ether oxygens (including phenoxy) is 1. The summed E-state index contributed by atoms with van der Waals surface area (Å²) in [6.07, 6.45) is 0.835. The van der Waals surface area contributed by atoms with Gasteiger partial charge in [-0.1, -0.05) is 13.0 Å². The van der Waals surface area contributed by atoms with Crippen LogP contribution >= 0.6 is 0 Å². The Morgan fingerprint density at radius 3 is 2.89 bits per heavy atom. The first-order valence-corrected chi connectivity index (χ1v) is 6.43. The van der Waals surface area contributed by atoms with Crippen molar-refractivity contribution < 1.29 is 9.84 Å². The highest BCUT2D eigenvalue weighted by Gasteiger charge is 2.24. The van der Waals surface area contributed by atoms with E-state index < -0.39 is 0 Å². The molecule has 1 saturated heterocycles. The molecule has 1 heterocycles. The van der Waals surface area contributed by atoms with Gasteiger partial charge in [-0.2, -0.15) is 0 Å². The standard InChI is InChI=1S/C14H22N2O2/c1-10-5-6-16(9-13(10)17)8-11-3-4-14(18-2)12(15)7-11/h3-4,7,10,13,17H,5-6,8-9,15H2,1-2H3. The van der Waals surface area contributed by atoms with Gasteiger partial charge in [-0.05, 0) is 36.6 Å². The average molecular weight is 250 g/mol. The van der Waals surface area contributed by atoms with Crippen LogP contribution in [-0.2, 0) is 6.54 Å². The third-order valence-corrected chi connectivity index (χ3v) is 3.70. The lowest BCUT2D eigenvalue weighted by Gasteiger charge is -2.34. The van der Waals surface area contributed by atoms with Crippen molar-refractivity contribution in [2.24, 2.45) is 5.92 Å². The van der Waals surface area contributed by atoms with Crippen LogP contribution in [0.25, 0.3) is 0 Å². The van der Waals surface area contributed by atoms with Crippen LogP contribution in [0.3, 0.4) is 0 Å². The van der Waals surface area contributed by atoms with Crippen LogP contribution in [0.15, 0.2) is 18.2 Å². The lowest BCUT2D eigenvalue weighted by molar-refractivity contribution is 0.0259. The van der Waals surface area contributed by atoms with Gasteiger partial charge in [-0.25, -0.2) is 0 Å². The predicted molar refractivity (Wildman–Crippen MR) is 72.5 cm³/mol. The first-order chi connectivity index (χ1) is 8.60. The fraction of sp³-hybridized carbons (Fsp3) is 0.571. The van der Waals surface area contributed by atoms with Gasteiger partial charge >= 0.3 is 0 Å². The quantitative estimate of drug-likeness (QED) is 0.798. The summed E-state index contributed by atoms with van der Waals surface area (Å²) in [6.45, 7) is 4.71. The van der Waals surface area contributed by atoms with Crippen molar-refractivity contribution in [3.05, 3.63) is 23.8 Å². The van der Waals surface area contributed by atoms with Crippen LogP contribution in [0, 0.1) is 5.92 Å². The molecule has 1 fully saturated rings. The minimum Gasteiger partial charge on any atom is -0.495 e. The topological polar surface area (TPSA) is 58.7 Å². The monoisotopic (exact) mass is 250 g/mol. The Morgan fingerprint density at radius 1 is 1.50 bits per heavy atom. The molecule has 0 saturated carbocycles. The van der Waals surface area contributed by atoms with Crippen LogP contribution in [-0.4, -0.2) is 36.3 Å². The highest BCUT2D eigenvalue weighted by atomic mass is 16.5. The molecule has 2 unspecified atom stereocenters. The zero-order valence-corrected chi connectivity index (χ0v) is 11.1. The first-order valence-electron chi connectivity index (χ1n) is 6.43. The van der Waals surface area contributed by atoms with E-state index in [9.17, 15) is 5.11 Å². The Labute approximate surface area is 108 Å². The maximum absolute atomic E-state index is 9.88. The van der Waals surface area contributed by atoms with Gasteiger partial charge < -0.3 is 15.6 Å². The predicted octanol–water partition coefficient (Wildman–Crippen LogP) is 1.48. The molecule has 1 aromatic carbocycles. The molecular formula is C14H22N2O2. The molecule has 4 nitrogen and oxygen atoms in total. The lowest BCUT2D eigenvalue weighted by Crippen LogP contribution is -2.42.